The first-order chi connectivity index (χ1) is 15.5. The molecule has 0 bridgehead atoms. The molecule has 0 spiro atoms. The lowest BCUT2D eigenvalue weighted by molar-refractivity contribution is -0.153. The van der Waals surface area contributed by atoms with Crippen LogP contribution in [0, 0.1) is 11.3 Å². The van der Waals surface area contributed by atoms with Gasteiger partial charge in [0.2, 0.25) is 15.6 Å². The van der Waals surface area contributed by atoms with Crippen molar-refractivity contribution in [2.45, 2.75) is 19.1 Å². The highest BCUT2D eigenvalue weighted by atomic mass is 32.2. The van der Waals surface area contributed by atoms with E-state index in [-0.39, 0.29) is 30.4 Å². The molecule has 4 rings (SSSR count). The summed E-state index contributed by atoms with van der Waals surface area (Å²) in [5, 5.41) is 9.68. The minimum atomic E-state index is -4.74. The number of nitriles is 1. The third kappa shape index (κ3) is 4.31. The number of sulfonamides is 1. The van der Waals surface area contributed by atoms with Crippen molar-refractivity contribution >= 4 is 26.9 Å². The molecule has 3 aromatic rings. The Balaban J connectivity index is 1.79. The lowest BCUT2D eigenvalue weighted by atomic mass is 10.0. The van der Waals surface area contributed by atoms with Crippen molar-refractivity contribution in [3.05, 3.63) is 46.5 Å². The molecule has 9 nitrogen and oxygen atoms in total. The molecule has 4 heterocycles. The van der Waals surface area contributed by atoms with Gasteiger partial charge in [0.25, 0.3) is 0 Å². The summed E-state index contributed by atoms with van der Waals surface area (Å²) in [7, 11) is -3.81. The standard InChI is InChI=1S/C20H19F3N6O3S/c1-2-33(31,32)28-5-6-29(16(11-28)20(21,22)23)17-7-12(8-18(30)27-17)14-3-4-25-19-15(14)9-13(10-24)26-19/h3-4,7-9,16H,2,5-6,11H2,1H3,(H,25,26)(H,27,30). The summed E-state index contributed by atoms with van der Waals surface area (Å²) < 4.78 is 66.9. The number of rotatable bonds is 4. The van der Waals surface area contributed by atoms with Gasteiger partial charge in [-0.15, -0.1) is 0 Å². The molecule has 0 radical (unpaired) electrons. The molecule has 2 N–H and O–H groups in total. The van der Waals surface area contributed by atoms with Gasteiger partial charge >= 0.3 is 6.18 Å². The van der Waals surface area contributed by atoms with Crippen LogP contribution < -0.4 is 10.5 Å². The number of aromatic amines is 2. The average molecular weight is 480 g/mol. The number of aromatic nitrogens is 3. The number of nitrogens with one attached hydrogen (secondary N) is 2. The van der Waals surface area contributed by atoms with Crippen LogP contribution in [0.15, 0.2) is 35.3 Å². The molecule has 3 aromatic heterocycles. The molecular formula is C20H19F3N6O3S. The Morgan fingerprint density at radius 2 is 2.00 bits per heavy atom. The lowest BCUT2D eigenvalue weighted by Gasteiger charge is -2.42. The van der Waals surface area contributed by atoms with Crippen molar-refractivity contribution < 1.29 is 21.6 Å². The Labute approximate surface area is 186 Å². The molecular weight excluding hydrogens is 461 g/mol. The van der Waals surface area contributed by atoms with Crippen LogP contribution in [0.25, 0.3) is 22.2 Å². The zero-order valence-corrected chi connectivity index (χ0v) is 18.2. The highest BCUT2D eigenvalue weighted by molar-refractivity contribution is 7.89. The van der Waals surface area contributed by atoms with Gasteiger partial charge in [-0.25, -0.2) is 13.4 Å². The number of hydrogen-bond donors (Lipinski definition) is 2. The number of alkyl halides is 3. The van der Waals surface area contributed by atoms with E-state index < -0.39 is 34.3 Å². The highest BCUT2D eigenvalue weighted by Crippen LogP contribution is 2.34. The second-order valence-corrected chi connectivity index (χ2v) is 9.80. The van der Waals surface area contributed by atoms with Crippen LogP contribution in [-0.4, -0.2) is 65.3 Å². The predicted octanol–water partition coefficient (Wildman–Crippen LogP) is 2.19. The fourth-order valence-electron chi connectivity index (χ4n) is 3.94. The molecule has 1 aliphatic heterocycles. The van der Waals surface area contributed by atoms with Crippen LogP contribution in [-0.2, 0) is 10.0 Å². The molecule has 1 fully saturated rings. The summed E-state index contributed by atoms with van der Waals surface area (Å²) in [6, 6.07) is 5.64. The Bertz CT molecular complexity index is 1410. The maximum absolute atomic E-state index is 13.9. The zero-order chi connectivity index (χ0) is 24.0. The van der Waals surface area contributed by atoms with Crippen LogP contribution in [0.1, 0.15) is 12.6 Å². The van der Waals surface area contributed by atoms with Crippen molar-refractivity contribution in [1.82, 2.24) is 19.3 Å². The fraction of sp³-hybridized carbons (Fsp3) is 0.350. The minimum absolute atomic E-state index is 0.0747. The van der Waals surface area contributed by atoms with Crippen molar-refractivity contribution in [1.29, 1.82) is 5.26 Å². The fourth-order valence-corrected chi connectivity index (χ4v) is 5.03. The Hall–Kier alpha value is -3.37. The van der Waals surface area contributed by atoms with Crippen LogP contribution in [0.2, 0.25) is 0 Å². The summed E-state index contributed by atoms with van der Waals surface area (Å²) in [5.41, 5.74) is 0.890. The number of pyridine rings is 2. The molecule has 0 aliphatic carbocycles. The van der Waals surface area contributed by atoms with E-state index in [1.54, 1.807) is 12.1 Å². The number of fused-ring (bicyclic) bond motifs is 1. The summed E-state index contributed by atoms with van der Waals surface area (Å²) in [6.07, 6.45) is -3.27. The van der Waals surface area contributed by atoms with Gasteiger partial charge in [-0.2, -0.15) is 22.7 Å². The topological polar surface area (TPSA) is 126 Å². The maximum Gasteiger partial charge on any atom is 0.410 e. The van der Waals surface area contributed by atoms with Crippen LogP contribution in [0.5, 0.6) is 0 Å². The molecule has 33 heavy (non-hydrogen) atoms. The first-order valence-electron chi connectivity index (χ1n) is 9.97. The van der Waals surface area contributed by atoms with E-state index in [1.807, 2.05) is 6.07 Å². The van der Waals surface area contributed by atoms with E-state index >= 15 is 0 Å². The number of halogens is 3. The molecule has 1 saturated heterocycles. The van der Waals surface area contributed by atoms with Crippen molar-refractivity contribution in [3.63, 3.8) is 0 Å². The largest absolute Gasteiger partial charge is 0.410 e. The van der Waals surface area contributed by atoms with Crippen molar-refractivity contribution in [2.24, 2.45) is 0 Å². The molecule has 0 amide bonds. The van der Waals surface area contributed by atoms with Gasteiger partial charge in [-0.05, 0) is 36.2 Å². The van der Waals surface area contributed by atoms with E-state index in [2.05, 4.69) is 15.0 Å². The average Bonchev–Trinajstić information content (AvgIpc) is 3.21. The van der Waals surface area contributed by atoms with Gasteiger partial charge in [0, 0.05) is 37.3 Å². The van der Waals surface area contributed by atoms with Crippen LogP contribution in [0.3, 0.4) is 0 Å². The van der Waals surface area contributed by atoms with E-state index in [0.29, 0.717) is 22.2 Å². The number of anilines is 1. The quantitative estimate of drug-likeness (QED) is 0.590. The van der Waals surface area contributed by atoms with Gasteiger partial charge in [-0.3, -0.25) is 4.79 Å². The molecule has 0 aromatic carbocycles. The van der Waals surface area contributed by atoms with Crippen LogP contribution >= 0.6 is 0 Å². The van der Waals surface area contributed by atoms with E-state index in [0.717, 1.165) is 9.21 Å². The van der Waals surface area contributed by atoms with Gasteiger partial charge in [0.1, 0.15) is 29.3 Å². The van der Waals surface area contributed by atoms with E-state index in [9.17, 15) is 26.4 Å². The summed E-state index contributed by atoms with van der Waals surface area (Å²) in [5.74, 6) is -0.377. The molecule has 174 valence electrons. The number of H-pyrrole nitrogens is 2. The number of piperazine rings is 1. The van der Waals surface area contributed by atoms with Crippen molar-refractivity contribution in [2.75, 3.05) is 30.3 Å². The second kappa shape index (κ2) is 8.20. The third-order valence-electron chi connectivity index (χ3n) is 5.58. The zero-order valence-electron chi connectivity index (χ0n) is 17.3. The smallest absolute Gasteiger partial charge is 0.344 e. The molecule has 0 saturated carbocycles. The lowest BCUT2D eigenvalue weighted by Crippen LogP contribution is -2.60. The van der Waals surface area contributed by atoms with Crippen LogP contribution in [0.4, 0.5) is 19.0 Å². The SMILES string of the molecule is CCS(=O)(=O)N1CCN(c2cc(-c3ccnc4[nH]c(C#N)cc34)cc(=O)[nH]2)C(C(F)(F)F)C1. The minimum Gasteiger partial charge on any atom is -0.344 e. The van der Waals surface area contributed by atoms with Crippen molar-refractivity contribution in [3.8, 4) is 17.2 Å². The maximum atomic E-state index is 13.9. The normalized spacial score (nSPS) is 17.9. The molecule has 1 unspecified atom stereocenters. The third-order valence-corrected chi connectivity index (χ3v) is 7.43. The van der Waals surface area contributed by atoms with Gasteiger partial charge in [0.15, 0.2) is 0 Å². The van der Waals surface area contributed by atoms with Gasteiger partial charge in [0.05, 0.1) is 5.75 Å². The number of hydrogen-bond acceptors (Lipinski definition) is 6. The Morgan fingerprint density at radius 1 is 1.24 bits per heavy atom. The molecule has 13 heteroatoms. The number of nitrogens with zero attached hydrogens (tertiary/aromatic N) is 4. The Morgan fingerprint density at radius 3 is 2.67 bits per heavy atom. The highest BCUT2D eigenvalue weighted by Gasteiger charge is 2.48. The molecule has 1 aliphatic rings. The summed E-state index contributed by atoms with van der Waals surface area (Å²) in [4.78, 5) is 22.8. The van der Waals surface area contributed by atoms with Gasteiger partial charge < -0.3 is 14.9 Å². The second-order valence-electron chi connectivity index (χ2n) is 7.54. The monoisotopic (exact) mass is 480 g/mol. The predicted molar refractivity (Wildman–Crippen MR) is 115 cm³/mol. The van der Waals surface area contributed by atoms with Gasteiger partial charge in [-0.1, -0.05) is 0 Å². The molecule has 1 atom stereocenters. The first kappa shape index (κ1) is 22.8. The van der Waals surface area contributed by atoms with E-state index in [4.69, 9.17) is 5.26 Å². The van der Waals surface area contributed by atoms with E-state index in [1.165, 1.54) is 25.3 Å². The summed E-state index contributed by atoms with van der Waals surface area (Å²) >= 11 is 0. The first-order valence-corrected chi connectivity index (χ1v) is 11.6. The Kier molecular flexibility index (Phi) is 5.67. The summed E-state index contributed by atoms with van der Waals surface area (Å²) in [6.45, 7) is 0.212.